The van der Waals surface area contributed by atoms with E-state index in [-0.39, 0.29) is 17.8 Å². The van der Waals surface area contributed by atoms with Crippen LogP contribution in [0.4, 0.5) is 0 Å². The van der Waals surface area contributed by atoms with Crippen LogP contribution in [0.1, 0.15) is 30.5 Å². The molecule has 0 atom stereocenters. The zero-order chi connectivity index (χ0) is 20.0. The van der Waals surface area contributed by atoms with Gasteiger partial charge in [-0.15, -0.1) is 22.7 Å². The van der Waals surface area contributed by atoms with Crippen LogP contribution in [0.3, 0.4) is 0 Å². The number of hydrogen-bond donors (Lipinski definition) is 1. The van der Waals surface area contributed by atoms with Gasteiger partial charge in [-0.05, 0) is 41.6 Å². The molecule has 0 saturated carbocycles. The highest BCUT2D eigenvalue weighted by Gasteiger charge is 2.23. The zero-order valence-electron chi connectivity index (χ0n) is 15.2. The molecule has 0 aliphatic heterocycles. The summed E-state index contributed by atoms with van der Waals surface area (Å²) in [5.74, 6) is -1.09. The number of nitrogens with zero attached hydrogens (tertiary/aromatic N) is 1. The molecule has 0 spiro atoms. The van der Waals surface area contributed by atoms with Crippen molar-refractivity contribution >= 4 is 56.2 Å². The predicted molar refractivity (Wildman–Crippen MR) is 115 cm³/mol. The SMILES string of the molecule is Cc1cn(C)c2sc(C(=O)Cc3scc(-c4ccc(Cl)cc4)c3C(=O)O)cc12. The van der Waals surface area contributed by atoms with Gasteiger partial charge < -0.3 is 9.67 Å². The second-order valence-corrected chi connectivity index (χ2v) is 9.04. The molecule has 1 N–H and O–H groups in total. The first-order valence-electron chi connectivity index (χ1n) is 8.53. The Hall–Kier alpha value is -2.41. The number of benzene rings is 1. The molecule has 3 aromatic heterocycles. The standard InChI is InChI=1S/C21H16ClNO3S2/c1-11-9-23(2)20-14(11)7-17(28-20)16(24)8-18-19(21(25)26)15(10-27-18)12-3-5-13(22)6-4-12/h3-7,9-10H,8H2,1-2H3,(H,25,26). The number of fused-ring (bicyclic) bond motifs is 1. The Bertz CT molecular complexity index is 1180. The van der Waals surface area contributed by atoms with Gasteiger partial charge in [0.2, 0.25) is 0 Å². The average Bonchev–Trinajstić information content (AvgIpc) is 3.32. The number of ketones is 1. The van der Waals surface area contributed by atoms with E-state index in [1.54, 1.807) is 29.6 Å². The van der Waals surface area contributed by atoms with Crippen LogP contribution in [0, 0.1) is 6.92 Å². The third-order valence-corrected chi connectivity index (χ3v) is 7.18. The van der Waals surface area contributed by atoms with E-state index in [9.17, 15) is 14.7 Å². The van der Waals surface area contributed by atoms with Gasteiger partial charge in [0.1, 0.15) is 4.83 Å². The Labute approximate surface area is 174 Å². The van der Waals surface area contributed by atoms with Crippen molar-refractivity contribution in [3.8, 4) is 11.1 Å². The average molecular weight is 430 g/mol. The maximum absolute atomic E-state index is 12.9. The fraction of sp³-hybridized carbons (Fsp3) is 0.143. The van der Waals surface area contributed by atoms with E-state index in [2.05, 4.69) is 0 Å². The summed E-state index contributed by atoms with van der Waals surface area (Å²) in [4.78, 5) is 27.1. The van der Waals surface area contributed by atoms with Crippen molar-refractivity contribution in [1.82, 2.24) is 4.57 Å². The molecule has 142 valence electrons. The molecule has 0 radical (unpaired) electrons. The largest absolute Gasteiger partial charge is 0.478 e. The van der Waals surface area contributed by atoms with E-state index in [0.717, 1.165) is 21.3 Å². The molecule has 4 nitrogen and oxygen atoms in total. The number of carboxylic acid groups (broad SMARTS) is 1. The topological polar surface area (TPSA) is 59.3 Å². The van der Waals surface area contributed by atoms with Gasteiger partial charge in [0.05, 0.1) is 10.4 Å². The lowest BCUT2D eigenvalue weighted by Gasteiger charge is -2.04. The van der Waals surface area contributed by atoms with Gasteiger partial charge in [0.15, 0.2) is 5.78 Å². The number of carbonyl (C=O) groups excluding carboxylic acids is 1. The van der Waals surface area contributed by atoms with Gasteiger partial charge in [0, 0.05) is 40.5 Å². The lowest BCUT2D eigenvalue weighted by Crippen LogP contribution is -2.06. The van der Waals surface area contributed by atoms with Gasteiger partial charge in [0.25, 0.3) is 0 Å². The Morgan fingerprint density at radius 2 is 1.93 bits per heavy atom. The first-order valence-corrected chi connectivity index (χ1v) is 10.6. The van der Waals surface area contributed by atoms with Crippen LogP contribution in [0.5, 0.6) is 0 Å². The number of aromatic nitrogens is 1. The highest BCUT2D eigenvalue weighted by molar-refractivity contribution is 7.20. The lowest BCUT2D eigenvalue weighted by molar-refractivity contribution is 0.0697. The van der Waals surface area contributed by atoms with Crippen molar-refractivity contribution in [3.63, 3.8) is 0 Å². The monoisotopic (exact) mass is 429 g/mol. The fourth-order valence-electron chi connectivity index (χ4n) is 3.32. The predicted octanol–water partition coefficient (Wildman–Crippen LogP) is 6.05. The molecule has 3 heterocycles. The number of carbonyl (C=O) groups is 2. The minimum Gasteiger partial charge on any atom is -0.478 e. The molecular weight excluding hydrogens is 414 g/mol. The summed E-state index contributed by atoms with van der Waals surface area (Å²) in [6.45, 7) is 2.02. The van der Waals surface area contributed by atoms with Gasteiger partial charge in [-0.1, -0.05) is 23.7 Å². The number of halogens is 1. The van der Waals surface area contributed by atoms with Gasteiger partial charge in [-0.2, -0.15) is 0 Å². The second kappa shape index (κ2) is 7.20. The molecule has 0 saturated heterocycles. The molecule has 0 unspecified atom stereocenters. The number of aromatic carboxylic acids is 1. The zero-order valence-corrected chi connectivity index (χ0v) is 17.5. The first-order chi connectivity index (χ1) is 13.3. The summed E-state index contributed by atoms with van der Waals surface area (Å²) in [6.07, 6.45) is 2.11. The third kappa shape index (κ3) is 3.28. The van der Waals surface area contributed by atoms with Crippen LogP contribution in [-0.4, -0.2) is 21.4 Å². The highest BCUT2D eigenvalue weighted by Crippen LogP contribution is 2.35. The van der Waals surface area contributed by atoms with Crippen molar-refractivity contribution in [2.75, 3.05) is 0 Å². The Kier molecular flexibility index (Phi) is 4.87. The maximum Gasteiger partial charge on any atom is 0.337 e. The van der Waals surface area contributed by atoms with Crippen LogP contribution in [0.25, 0.3) is 21.3 Å². The van der Waals surface area contributed by atoms with E-state index >= 15 is 0 Å². The van der Waals surface area contributed by atoms with Crippen molar-refractivity contribution < 1.29 is 14.7 Å². The minimum atomic E-state index is -1.03. The van der Waals surface area contributed by atoms with Crippen molar-refractivity contribution in [2.45, 2.75) is 13.3 Å². The van der Waals surface area contributed by atoms with Gasteiger partial charge in [-0.3, -0.25) is 4.79 Å². The summed E-state index contributed by atoms with van der Waals surface area (Å²) in [5, 5.41) is 13.2. The molecule has 7 heteroatoms. The van der Waals surface area contributed by atoms with Gasteiger partial charge >= 0.3 is 5.97 Å². The number of thiophene rings is 2. The van der Waals surface area contributed by atoms with Crippen LogP contribution in [0.2, 0.25) is 5.02 Å². The number of Topliss-reactive ketones (excluding diaryl/α,β-unsaturated/α-hetero) is 1. The summed E-state index contributed by atoms with van der Waals surface area (Å²) in [5.41, 5.74) is 2.71. The van der Waals surface area contributed by atoms with Crippen LogP contribution in [-0.2, 0) is 13.5 Å². The molecule has 0 amide bonds. The summed E-state index contributed by atoms with van der Waals surface area (Å²) in [6, 6.07) is 8.94. The summed E-state index contributed by atoms with van der Waals surface area (Å²) >= 11 is 8.68. The van der Waals surface area contributed by atoms with E-state index in [4.69, 9.17) is 11.6 Å². The van der Waals surface area contributed by atoms with Crippen molar-refractivity contribution in [3.05, 3.63) is 67.8 Å². The second-order valence-electron chi connectivity index (χ2n) is 6.61. The minimum absolute atomic E-state index is 0.0624. The number of aryl methyl sites for hydroxylation is 2. The summed E-state index contributed by atoms with van der Waals surface area (Å²) in [7, 11) is 1.96. The number of carboxylic acids is 1. The third-order valence-electron chi connectivity index (χ3n) is 4.68. The molecule has 28 heavy (non-hydrogen) atoms. The maximum atomic E-state index is 12.9. The number of rotatable bonds is 5. The van der Waals surface area contributed by atoms with Crippen LogP contribution >= 0.6 is 34.3 Å². The van der Waals surface area contributed by atoms with E-state index in [1.165, 1.54) is 22.7 Å². The Balaban J connectivity index is 1.68. The summed E-state index contributed by atoms with van der Waals surface area (Å²) < 4.78 is 2.01. The first kappa shape index (κ1) is 18.9. The number of hydrogen-bond acceptors (Lipinski definition) is 4. The normalized spacial score (nSPS) is 11.2. The molecule has 0 bridgehead atoms. The molecule has 0 fully saturated rings. The van der Waals surface area contributed by atoms with Crippen molar-refractivity contribution in [2.24, 2.45) is 7.05 Å². The highest BCUT2D eigenvalue weighted by atomic mass is 35.5. The fourth-order valence-corrected chi connectivity index (χ4v) is 5.59. The van der Waals surface area contributed by atoms with E-state index in [1.807, 2.05) is 30.8 Å². The molecule has 0 aliphatic carbocycles. The van der Waals surface area contributed by atoms with Crippen molar-refractivity contribution in [1.29, 1.82) is 0 Å². The van der Waals surface area contributed by atoms with Crippen LogP contribution in [0.15, 0.2) is 41.9 Å². The lowest BCUT2D eigenvalue weighted by atomic mass is 10.0. The molecule has 1 aromatic carbocycles. The van der Waals surface area contributed by atoms with E-state index < -0.39 is 5.97 Å². The molecule has 0 aliphatic rings. The molecule has 4 rings (SSSR count). The Morgan fingerprint density at radius 1 is 1.21 bits per heavy atom. The molecular formula is C21H16ClNO3S2. The Morgan fingerprint density at radius 3 is 2.57 bits per heavy atom. The van der Waals surface area contributed by atoms with Gasteiger partial charge in [-0.25, -0.2) is 4.79 Å². The molecule has 4 aromatic rings. The van der Waals surface area contributed by atoms with E-state index in [0.29, 0.717) is 20.3 Å². The smallest absolute Gasteiger partial charge is 0.337 e. The van der Waals surface area contributed by atoms with Crippen LogP contribution < -0.4 is 0 Å². The quantitative estimate of drug-likeness (QED) is 0.392.